The molecule has 0 saturated heterocycles. The standard InChI is InChI=1S/C101H82BN5/c1-98(2,3)68-49-65(50-69(55-68)99(4,5)6)95-103-96(66-51-70(100(7,8)9)56-71(52-66)101(10,11)12)105-97(104-95)67-53-86-92-87(54-67)107(73-47-43-62(44-48-73)60-27-17-14-18-28-60)94-81-40-24-38-77-75-34-20-30-64-32-22-36-79(89(64)75)83(91(77)81)58-85(94)102(92)84-57-82-78-35-21-31-63-29-19-33-74(88(63)78)76-37-23-39-80(90(76)82)93(84)106(86)72-45-41-61(42-46-72)59-25-15-13-16-26-59/h13-58H,1-12H3. The number of aromatic nitrogens is 3. The molecule has 0 bridgehead atoms. The average molecular weight is 1380 g/mol. The van der Waals surface area contributed by atoms with E-state index in [0.29, 0.717) is 17.5 Å². The molecule has 6 heteroatoms. The predicted molar refractivity (Wildman–Crippen MR) is 458 cm³/mol. The van der Waals surface area contributed by atoms with Gasteiger partial charge in [0.25, 0.3) is 6.71 Å². The summed E-state index contributed by atoms with van der Waals surface area (Å²) in [6, 6.07) is 106. The molecule has 0 radical (unpaired) electrons. The summed E-state index contributed by atoms with van der Waals surface area (Å²) in [5.41, 5.74) is 21.9. The Morgan fingerprint density at radius 1 is 0.243 bits per heavy atom. The fraction of sp³-hybridized carbons (Fsp3) is 0.158. The molecule has 2 aliphatic rings. The number of fused-ring (bicyclic) bond motifs is 10. The number of hydrogen-bond acceptors (Lipinski definition) is 5. The van der Waals surface area contributed by atoms with Crippen molar-refractivity contribution in [1.82, 2.24) is 15.0 Å². The van der Waals surface area contributed by atoms with E-state index in [2.05, 4.69) is 372 Å². The van der Waals surface area contributed by atoms with E-state index in [1.165, 1.54) is 136 Å². The van der Waals surface area contributed by atoms with Gasteiger partial charge in [-0.05, 0) is 219 Å². The van der Waals surface area contributed by atoms with E-state index in [4.69, 9.17) is 15.0 Å². The maximum absolute atomic E-state index is 5.93. The van der Waals surface area contributed by atoms with Crippen LogP contribution >= 0.6 is 0 Å². The van der Waals surface area contributed by atoms with Gasteiger partial charge in [-0.25, -0.2) is 15.0 Å². The lowest BCUT2D eigenvalue weighted by Crippen LogP contribution is -2.61. The minimum atomic E-state index is -0.295. The van der Waals surface area contributed by atoms with Gasteiger partial charge in [0.15, 0.2) is 17.5 Å². The molecule has 18 aromatic rings. The highest BCUT2D eigenvalue weighted by Crippen LogP contribution is 2.54. The Labute approximate surface area is 626 Å². The molecule has 20 rings (SSSR count). The first-order valence-corrected chi connectivity index (χ1v) is 38.0. The van der Waals surface area contributed by atoms with Gasteiger partial charge in [0.1, 0.15) is 0 Å². The van der Waals surface area contributed by atoms with Gasteiger partial charge in [0, 0.05) is 61.6 Å². The van der Waals surface area contributed by atoms with Crippen LogP contribution in [-0.2, 0) is 21.7 Å². The van der Waals surface area contributed by atoms with Crippen LogP contribution in [0.1, 0.15) is 105 Å². The highest BCUT2D eigenvalue weighted by Gasteiger charge is 2.46. The van der Waals surface area contributed by atoms with Crippen molar-refractivity contribution in [3.63, 3.8) is 0 Å². The third kappa shape index (κ3) is 10.2. The van der Waals surface area contributed by atoms with Gasteiger partial charge in [-0.2, -0.15) is 0 Å². The molecule has 0 N–H and O–H groups in total. The molecular weight excluding hydrogens is 1290 g/mol. The molecule has 0 fully saturated rings. The van der Waals surface area contributed by atoms with E-state index in [-0.39, 0.29) is 28.4 Å². The number of hydrogen-bond donors (Lipinski definition) is 0. The van der Waals surface area contributed by atoms with Gasteiger partial charge >= 0.3 is 0 Å². The molecule has 2 aliphatic heterocycles. The summed E-state index contributed by atoms with van der Waals surface area (Å²) in [4.78, 5) is 22.9. The highest BCUT2D eigenvalue weighted by molar-refractivity contribution is 7.01. The second-order valence-corrected chi connectivity index (χ2v) is 34.4. The summed E-state index contributed by atoms with van der Waals surface area (Å²) >= 11 is 0. The van der Waals surface area contributed by atoms with Gasteiger partial charge in [0.2, 0.25) is 0 Å². The molecule has 17 aromatic carbocycles. The summed E-state index contributed by atoms with van der Waals surface area (Å²) in [7, 11) is 0. The van der Waals surface area contributed by atoms with E-state index >= 15 is 0 Å². The van der Waals surface area contributed by atoms with Crippen molar-refractivity contribution >= 4 is 143 Å². The molecule has 514 valence electrons. The van der Waals surface area contributed by atoms with Crippen LogP contribution in [0.2, 0.25) is 0 Å². The molecule has 107 heavy (non-hydrogen) atoms. The fourth-order valence-corrected chi connectivity index (χ4v) is 17.9. The normalized spacial score (nSPS) is 13.4. The van der Waals surface area contributed by atoms with Gasteiger partial charge in [-0.3, -0.25) is 0 Å². The Bertz CT molecular complexity index is 6230. The molecule has 0 spiro atoms. The molecule has 3 heterocycles. The third-order valence-electron chi connectivity index (χ3n) is 23.5. The van der Waals surface area contributed by atoms with E-state index in [0.717, 1.165) is 61.9 Å². The van der Waals surface area contributed by atoms with Crippen LogP contribution in [-0.4, -0.2) is 21.7 Å². The molecule has 0 aliphatic carbocycles. The van der Waals surface area contributed by atoms with Gasteiger partial charge in [-0.1, -0.05) is 301 Å². The van der Waals surface area contributed by atoms with Crippen LogP contribution in [0.5, 0.6) is 0 Å². The lowest BCUT2D eigenvalue weighted by Gasteiger charge is -2.45. The van der Waals surface area contributed by atoms with Crippen LogP contribution in [0.25, 0.3) is 143 Å². The minimum Gasteiger partial charge on any atom is -0.311 e. The first kappa shape index (κ1) is 64.6. The van der Waals surface area contributed by atoms with Gasteiger partial charge in [-0.15, -0.1) is 0 Å². The van der Waals surface area contributed by atoms with Crippen molar-refractivity contribution in [2.45, 2.75) is 105 Å². The lowest BCUT2D eigenvalue weighted by molar-refractivity contribution is 0.568. The van der Waals surface area contributed by atoms with E-state index in [1.54, 1.807) is 0 Å². The Kier molecular flexibility index (Phi) is 14.0. The first-order valence-electron chi connectivity index (χ1n) is 38.0. The third-order valence-corrected chi connectivity index (χ3v) is 23.5. The zero-order valence-electron chi connectivity index (χ0n) is 62.9. The monoisotopic (exact) mass is 1380 g/mol. The molecular formula is C101H82BN5. The molecule has 1 aromatic heterocycles. The van der Waals surface area contributed by atoms with Crippen molar-refractivity contribution in [2.75, 3.05) is 9.80 Å². The molecule has 0 saturated carbocycles. The summed E-state index contributed by atoms with van der Waals surface area (Å²) in [5.74, 6) is 1.86. The Morgan fingerprint density at radius 3 is 0.869 bits per heavy atom. The maximum Gasteiger partial charge on any atom is 0.252 e. The van der Waals surface area contributed by atoms with E-state index in [9.17, 15) is 0 Å². The van der Waals surface area contributed by atoms with Crippen LogP contribution in [0.3, 0.4) is 0 Å². The van der Waals surface area contributed by atoms with Crippen LogP contribution in [0, 0.1) is 0 Å². The first-order chi connectivity index (χ1) is 51.6. The topological polar surface area (TPSA) is 45.2 Å². The average Bonchev–Trinajstić information content (AvgIpc) is 0.673. The number of nitrogens with zero attached hydrogens (tertiary/aromatic N) is 5. The molecule has 5 nitrogen and oxygen atoms in total. The zero-order valence-corrected chi connectivity index (χ0v) is 62.9. The van der Waals surface area contributed by atoms with Crippen LogP contribution in [0.4, 0.5) is 34.1 Å². The lowest BCUT2D eigenvalue weighted by atomic mass is 9.33. The molecule has 0 amide bonds. The highest BCUT2D eigenvalue weighted by atomic mass is 15.2. The van der Waals surface area contributed by atoms with Crippen LogP contribution in [0.15, 0.2) is 279 Å². The smallest absolute Gasteiger partial charge is 0.252 e. The minimum absolute atomic E-state index is 0.171. The van der Waals surface area contributed by atoms with Crippen molar-refractivity contribution in [3.8, 4) is 56.4 Å². The van der Waals surface area contributed by atoms with Gasteiger partial charge < -0.3 is 9.80 Å². The van der Waals surface area contributed by atoms with E-state index < -0.39 is 0 Å². The fourth-order valence-electron chi connectivity index (χ4n) is 17.9. The maximum atomic E-state index is 5.93. The number of anilines is 6. The zero-order chi connectivity index (χ0) is 72.9. The molecule has 0 unspecified atom stereocenters. The summed E-state index contributed by atoms with van der Waals surface area (Å²) < 4.78 is 0. The molecule has 0 atom stereocenters. The summed E-state index contributed by atoms with van der Waals surface area (Å²) in [5, 5.41) is 20.0. The summed E-state index contributed by atoms with van der Waals surface area (Å²) in [6.45, 7) is 27.4. The number of rotatable bonds is 7. The van der Waals surface area contributed by atoms with Crippen molar-refractivity contribution in [2.24, 2.45) is 0 Å². The summed E-state index contributed by atoms with van der Waals surface area (Å²) in [6.07, 6.45) is 0. The largest absolute Gasteiger partial charge is 0.311 e. The van der Waals surface area contributed by atoms with Crippen molar-refractivity contribution < 1.29 is 0 Å². The quantitative estimate of drug-likeness (QED) is 0.0904. The Balaban J connectivity index is 0.970. The van der Waals surface area contributed by atoms with E-state index in [1.807, 2.05) is 0 Å². The van der Waals surface area contributed by atoms with Crippen LogP contribution < -0.4 is 26.2 Å². The number of benzene rings is 17. The Hall–Kier alpha value is -12.0. The van der Waals surface area contributed by atoms with Crippen molar-refractivity contribution in [3.05, 3.63) is 301 Å². The van der Waals surface area contributed by atoms with Gasteiger partial charge in [0.05, 0.1) is 0 Å². The SMILES string of the molecule is CC(C)(C)c1cc(-c2nc(-c3cc(C(C)(C)C)cc(C(C)(C)C)c3)nc(-c3cc4c5c(c3)N(c3ccc(-c6ccccc6)cc3)c3c(cc6c7cccc8cccc(c9cccc3c96)c87)B5c3cc5c6cccc7cccc(c8cccc(c3N4c3ccc(-c4ccccc4)cc3)c85)c76)n2)cc(C(C)(C)C)c1. The second kappa shape index (κ2) is 23.3. The predicted octanol–water partition coefficient (Wildman–Crippen LogP) is 25.6. The van der Waals surface area contributed by atoms with Crippen molar-refractivity contribution in [1.29, 1.82) is 0 Å². The second-order valence-electron chi connectivity index (χ2n) is 34.4. The Morgan fingerprint density at radius 2 is 0.533 bits per heavy atom.